The first-order chi connectivity index (χ1) is 14.2. The molecule has 0 aromatic heterocycles. The van der Waals surface area contributed by atoms with Crippen LogP contribution in [0.1, 0.15) is 42.1 Å². The first-order valence-electron chi connectivity index (χ1n) is 9.68. The van der Waals surface area contributed by atoms with Gasteiger partial charge in [-0.15, -0.1) is 0 Å². The molecule has 0 radical (unpaired) electrons. The molecule has 1 saturated heterocycles. The summed E-state index contributed by atoms with van der Waals surface area (Å²) in [6.45, 7) is 0.999. The molecule has 0 saturated carbocycles. The van der Waals surface area contributed by atoms with E-state index in [0.717, 1.165) is 19.3 Å². The van der Waals surface area contributed by atoms with Crippen molar-refractivity contribution in [1.82, 2.24) is 4.31 Å². The summed E-state index contributed by atoms with van der Waals surface area (Å²) < 4.78 is 57.0. The van der Waals surface area contributed by atoms with Gasteiger partial charge in [0.1, 0.15) is 5.75 Å². The van der Waals surface area contributed by atoms with Gasteiger partial charge in [0.05, 0.1) is 10.6 Å². The second-order valence-corrected chi connectivity index (χ2v) is 9.16. The van der Waals surface area contributed by atoms with Gasteiger partial charge in [0.2, 0.25) is 10.0 Å². The molecule has 1 unspecified atom stereocenters. The number of sulfonamides is 1. The molecule has 1 fully saturated rings. The van der Waals surface area contributed by atoms with E-state index in [1.807, 2.05) is 6.92 Å². The number of para-hydroxylation sites is 1. The Hall–Kier alpha value is -2.52. The molecule has 0 spiro atoms. The molecule has 1 atom stereocenters. The van der Waals surface area contributed by atoms with Crippen LogP contribution in [0.25, 0.3) is 0 Å². The summed E-state index contributed by atoms with van der Waals surface area (Å²) in [7, 11) is -3.64. The van der Waals surface area contributed by atoms with Crippen LogP contribution < -0.4 is 10.1 Å². The van der Waals surface area contributed by atoms with E-state index in [4.69, 9.17) is 0 Å². The minimum Gasteiger partial charge on any atom is -0.433 e. The molecule has 3 rings (SSSR count). The lowest BCUT2D eigenvalue weighted by atomic mass is 10.1. The number of hydrogen-bond donors (Lipinski definition) is 1. The van der Waals surface area contributed by atoms with Gasteiger partial charge in [-0.2, -0.15) is 13.1 Å². The average Bonchev–Trinajstić information content (AvgIpc) is 2.70. The number of rotatable bonds is 6. The van der Waals surface area contributed by atoms with Crippen molar-refractivity contribution in [3.8, 4) is 5.75 Å². The summed E-state index contributed by atoms with van der Waals surface area (Å²) in [5, 5.41) is 2.57. The second kappa shape index (κ2) is 9.09. The molecule has 2 aromatic rings. The standard InChI is InChI=1S/C21H24F2N2O4S/c1-14-6-5-8-18(29-21(22)23)19(14)24-20(26)16-9-11-17(12-10-16)30(27,28)25-13-4-3-7-15(25)2/h5-6,8-12,15,21H,3-4,7,13H2,1-2H3,(H,24,26). The van der Waals surface area contributed by atoms with Crippen LogP contribution in [0.3, 0.4) is 0 Å². The lowest BCUT2D eigenvalue weighted by Crippen LogP contribution is -2.41. The van der Waals surface area contributed by atoms with Crippen molar-refractivity contribution in [2.45, 2.75) is 50.7 Å². The Labute approximate surface area is 174 Å². The molecule has 9 heteroatoms. The van der Waals surface area contributed by atoms with Crippen molar-refractivity contribution in [2.24, 2.45) is 0 Å². The van der Waals surface area contributed by atoms with E-state index in [1.54, 1.807) is 19.1 Å². The average molecular weight is 438 g/mol. The normalized spacial score (nSPS) is 17.7. The zero-order chi connectivity index (χ0) is 21.9. The summed E-state index contributed by atoms with van der Waals surface area (Å²) in [6.07, 6.45) is 2.64. The molecule has 162 valence electrons. The smallest absolute Gasteiger partial charge is 0.387 e. The van der Waals surface area contributed by atoms with Crippen molar-refractivity contribution < 1.29 is 26.7 Å². The Morgan fingerprint density at radius 3 is 2.50 bits per heavy atom. The quantitative estimate of drug-likeness (QED) is 0.725. The predicted octanol–water partition coefficient (Wildman–Crippen LogP) is 4.41. The van der Waals surface area contributed by atoms with Crippen molar-refractivity contribution in [3.63, 3.8) is 0 Å². The first-order valence-corrected chi connectivity index (χ1v) is 11.1. The molecule has 0 aliphatic carbocycles. The zero-order valence-electron chi connectivity index (χ0n) is 16.8. The number of alkyl halides is 2. The highest BCUT2D eigenvalue weighted by Crippen LogP contribution is 2.30. The van der Waals surface area contributed by atoms with E-state index < -0.39 is 22.5 Å². The fourth-order valence-corrected chi connectivity index (χ4v) is 5.22. The van der Waals surface area contributed by atoms with Gasteiger partial charge in [-0.25, -0.2) is 8.42 Å². The van der Waals surface area contributed by atoms with Crippen LogP contribution in [0.5, 0.6) is 5.75 Å². The molecule has 1 amide bonds. The number of piperidine rings is 1. The Morgan fingerprint density at radius 2 is 1.87 bits per heavy atom. The van der Waals surface area contributed by atoms with Crippen LogP contribution in [-0.2, 0) is 10.0 Å². The molecule has 0 bridgehead atoms. The maximum Gasteiger partial charge on any atom is 0.387 e. The third-order valence-corrected chi connectivity index (χ3v) is 7.18. The largest absolute Gasteiger partial charge is 0.433 e. The Balaban J connectivity index is 1.80. The SMILES string of the molecule is Cc1cccc(OC(F)F)c1NC(=O)c1ccc(S(=O)(=O)N2CCCCC2C)cc1. The van der Waals surface area contributed by atoms with Crippen LogP contribution in [0.15, 0.2) is 47.4 Å². The number of halogens is 2. The zero-order valence-corrected chi connectivity index (χ0v) is 17.6. The lowest BCUT2D eigenvalue weighted by molar-refractivity contribution is -0.0494. The van der Waals surface area contributed by atoms with Gasteiger partial charge in [0, 0.05) is 18.2 Å². The number of amides is 1. The predicted molar refractivity (Wildman–Crippen MR) is 109 cm³/mol. The Morgan fingerprint density at radius 1 is 1.17 bits per heavy atom. The molecule has 1 N–H and O–H groups in total. The molecule has 30 heavy (non-hydrogen) atoms. The summed E-state index contributed by atoms with van der Waals surface area (Å²) in [5.74, 6) is -0.699. The van der Waals surface area contributed by atoms with E-state index in [2.05, 4.69) is 10.1 Å². The van der Waals surface area contributed by atoms with Crippen molar-refractivity contribution in [3.05, 3.63) is 53.6 Å². The van der Waals surface area contributed by atoms with Gasteiger partial charge >= 0.3 is 6.61 Å². The van der Waals surface area contributed by atoms with Crippen LogP contribution in [0.4, 0.5) is 14.5 Å². The second-order valence-electron chi connectivity index (χ2n) is 7.27. The van der Waals surface area contributed by atoms with Gasteiger partial charge in [-0.1, -0.05) is 18.6 Å². The van der Waals surface area contributed by atoms with Crippen LogP contribution in [-0.4, -0.2) is 37.8 Å². The van der Waals surface area contributed by atoms with E-state index in [0.29, 0.717) is 12.1 Å². The Bertz CT molecular complexity index is 1010. The molecule has 1 aliphatic heterocycles. The minimum atomic E-state index is -3.64. The van der Waals surface area contributed by atoms with E-state index >= 15 is 0 Å². The molecule has 2 aromatic carbocycles. The highest BCUT2D eigenvalue weighted by atomic mass is 32.2. The maximum absolute atomic E-state index is 12.9. The fraction of sp³-hybridized carbons (Fsp3) is 0.381. The number of carbonyl (C=O) groups excluding carboxylic acids is 1. The summed E-state index contributed by atoms with van der Waals surface area (Å²) in [4.78, 5) is 12.7. The number of benzene rings is 2. The van der Waals surface area contributed by atoms with E-state index in [-0.39, 0.29) is 27.9 Å². The fourth-order valence-electron chi connectivity index (χ4n) is 3.52. The molecule has 1 aliphatic rings. The van der Waals surface area contributed by atoms with Crippen LogP contribution in [0.2, 0.25) is 0 Å². The van der Waals surface area contributed by atoms with Gasteiger partial charge in [-0.3, -0.25) is 4.79 Å². The molecular weight excluding hydrogens is 414 g/mol. The van der Waals surface area contributed by atoms with Crippen molar-refractivity contribution in [2.75, 3.05) is 11.9 Å². The molecule has 6 nitrogen and oxygen atoms in total. The topological polar surface area (TPSA) is 75.7 Å². The number of anilines is 1. The third kappa shape index (κ3) is 4.79. The number of nitrogens with zero attached hydrogens (tertiary/aromatic N) is 1. The number of nitrogens with one attached hydrogen (secondary N) is 1. The van der Waals surface area contributed by atoms with Gasteiger partial charge in [0.25, 0.3) is 5.91 Å². The summed E-state index contributed by atoms with van der Waals surface area (Å²) >= 11 is 0. The van der Waals surface area contributed by atoms with Gasteiger partial charge in [0.15, 0.2) is 0 Å². The van der Waals surface area contributed by atoms with Crippen molar-refractivity contribution in [1.29, 1.82) is 0 Å². The van der Waals surface area contributed by atoms with Gasteiger partial charge < -0.3 is 10.1 Å². The van der Waals surface area contributed by atoms with Crippen molar-refractivity contribution >= 4 is 21.6 Å². The van der Waals surface area contributed by atoms with Gasteiger partial charge in [-0.05, 0) is 62.6 Å². The first kappa shape index (κ1) is 22.2. The number of hydrogen-bond acceptors (Lipinski definition) is 4. The summed E-state index contributed by atoms with van der Waals surface area (Å²) in [6, 6.07) is 10.1. The minimum absolute atomic E-state index is 0.0685. The Kier molecular flexibility index (Phi) is 6.72. The summed E-state index contributed by atoms with van der Waals surface area (Å²) in [5.41, 5.74) is 0.897. The highest BCUT2D eigenvalue weighted by molar-refractivity contribution is 7.89. The van der Waals surface area contributed by atoms with Crippen LogP contribution in [0, 0.1) is 6.92 Å². The molecule has 1 heterocycles. The molecular formula is C21H24F2N2O4S. The third-order valence-electron chi connectivity index (χ3n) is 5.15. The number of carbonyl (C=O) groups is 1. The number of aryl methyl sites for hydroxylation is 1. The van der Waals surface area contributed by atoms with E-state index in [9.17, 15) is 22.0 Å². The highest BCUT2D eigenvalue weighted by Gasteiger charge is 2.31. The maximum atomic E-state index is 12.9. The number of ether oxygens (including phenoxy) is 1. The van der Waals surface area contributed by atoms with E-state index in [1.165, 1.54) is 34.6 Å². The lowest BCUT2D eigenvalue weighted by Gasteiger charge is -2.32. The monoisotopic (exact) mass is 438 g/mol. The van der Waals surface area contributed by atoms with Crippen LogP contribution >= 0.6 is 0 Å².